The first-order chi connectivity index (χ1) is 13.6. The van der Waals surface area contributed by atoms with E-state index in [9.17, 15) is 8.78 Å². The molecule has 1 aromatic carbocycles. The highest BCUT2D eigenvalue weighted by Crippen LogP contribution is 2.55. The zero-order valence-electron chi connectivity index (χ0n) is 14.7. The largest absolute Gasteiger partial charge is 0.361 e. The van der Waals surface area contributed by atoms with Crippen molar-refractivity contribution >= 4 is 28.5 Å². The molecule has 1 aliphatic rings. The molecular formula is C19H17F2N7. The number of nitrogens with one attached hydrogen (secondary N) is 4. The second-order valence-corrected chi connectivity index (χ2v) is 6.83. The Hall–Kier alpha value is -3.49. The Balaban J connectivity index is 1.27. The Morgan fingerprint density at radius 2 is 2.07 bits per heavy atom. The summed E-state index contributed by atoms with van der Waals surface area (Å²) in [5.74, 6) is -1.97. The van der Waals surface area contributed by atoms with E-state index in [4.69, 9.17) is 0 Å². The summed E-state index contributed by atoms with van der Waals surface area (Å²) >= 11 is 0. The van der Waals surface area contributed by atoms with Gasteiger partial charge >= 0.3 is 0 Å². The van der Waals surface area contributed by atoms with E-state index in [1.807, 2.05) is 30.5 Å². The van der Waals surface area contributed by atoms with Crippen LogP contribution in [0, 0.1) is 0 Å². The Bertz CT molecular complexity index is 1130. The molecule has 7 nitrogen and oxygen atoms in total. The van der Waals surface area contributed by atoms with Gasteiger partial charge in [0.05, 0.1) is 5.92 Å². The zero-order valence-corrected chi connectivity index (χ0v) is 14.7. The van der Waals surface area contributed by atoms with Gasteiger partial charge in [0, 0.05) is 48.0 Å². The average molecular weight is 381 g/mol. The number of alkyl halides is 2. The third kappa shape index (κ3) is 3.15. The molecular weight excluding hydrogens is 364 g/mol. The smallest absolute Gasteiger partial charge is 0.257 e. The van der Waals surface area contributed by atoms with Crippen LogP contribution in [0.5, 0.6) is 0 Å². The summed E-state index contributed by atoms with van der Waals surface area (Å²) in [7, 11) is 0. The molecule has 0 amide bonds. The molecule has 0 aliphatic heterocycles. The number of aromatic nitrogens is 5. The number of benzene rings is 1. The van der Waals surface area contributed by atoms with Crippen molar-refractivity contribution in [1.82, 2.24) is 25.1 Å². The van der Waals surface area contributed by atoms with Crippen molar-refractivity contribution < 1.29 is 8.78 Å². The highest BCUT2D eigenvalue weighted by atomic mass is 19.3. The normalized spacial score (nSPS) is 17.6. The van der Waals surface area contributed by atoms with Crippen LogP contribution in [0.4, 0.5) is 26.4 Å². The second-order valence-electron chi connectivity index (χ2n) is 6.83. The molecule has 0 radical (unpaired) electrons. The molecule has 1 unspecified atom stereocenters. The van der Waals surface area contributed by atoms with Gasteiger partial charge in [0.2, 0.25) is 5.95 Å². The summed E-state index contributed by atoms with van der Waals surface area (Å²) < 4.78 is 26.3. The molecule has 4 aromatic rings. The first-order valence-electron chi connectivity index (χ1n) is 8.90. The van der Waals surface area contributed by atoms with Crippen LogP contribution in [0.1, 0.15) is 23.6 Å². The minimum atomic E-state index is -2.63. The predicted octanol–water partition coefficient (Wildman–Crippen LogP) is 4.16. The molecule has 0 saturated heterocycles. The number of nitrogens with zero attached hydrogens (tertiary/aromatic N) is 3. The third-order valence-electron chi connectivity index (χ3n) is 4.83. The first kappa shape index (κ1) is 16.7. The van der Waals surface area contributed by atoms with Crippen LogP contribution >= 0.6 is 0 Å². The minimum Gasteiger partial charge on any atom is -0.361 e. The van der Waals surface area contributed by atoms with Gasteiger partial charge < -0.3 is 15.6 Å². The number of aromatic amines is 2. The van der Waals surface area contributed by atoms with Gasteiger partial charge in [0.15, 0.2) is 5.82 Å². The SMILES string of the molecule is FC1(F)CC1c1cc(Nc2ccnc(NCc3cccc4[nH]ccc34)n2)n[nH]1. The number of H-pyrrole nitrogens is 2. The van der Waals surface area contributed by atoms with E-state index in [1.165, 1.54) is 0 Å². The van der Waals surface area contributed by atoms with Crippen molar-refractivity contribution in [1.29, 1.82) is 0 Å². The second kappa shape index (κ2) is 6.29. The molecule has 3 aromatic heterocycles. The molecule has 28 heavy (non-hydrogen) atoms. The topological polar surface area (TPSA) is 94.3 Å². The van der Waals surface area contributed by atoms with Crippen LogP contribution in [-0.4, -0.2) is 31.1 Å². The average Bonchev–Trinajstić information content (AvgIpc) is 3.09. The minimum absolute atomic E-state index is 0.135. The Morgan fingerprint density at radius 3 is 2.93 bits per heavy atom. The monoisotopic (exact) mass is 381 g/mol. The maximum atomic E-state index is 13.2. The van der Waals surface area contributed by atoms with Gasteiger partial charge in [-0.05, 0) is 23.8 Å². The van der Waals surface area contributed by atoms with Gasteiger partial charge in [0.25, 0.3) is 5.92 Å². The van der Waals surface area contributed by atoms with Gasteiger partial charge in [-0.25, -0.2) is 13.8 Å². The lowest BCUT2D eigenvalue weighted by molar-refractivity contribution is 0.111. The lowest BCUT2D eigenvalue weighted by atomic mass is 10.1. The molecule has 1 aliphatic carbocycles. The molecule has 4 N–H and O–H groups in total. The zero-order chi connectivity index (χ0) is 19.1. The Kier molecular flexibility index (Phi) is 3.75. The van der Waals surface area contributed by atoms with E-state index >= 15 is 0 Å². The molecule has 142 valence electrons. The van der Waals surface area contributed by atoms with Gasteiger partial charge in [-0.3, -0.25) is 5.10 Å². The van der Waals surface area contributed by atoms with Gasteiger partial charge in [0.1, 0.15) is 5.82 Å². The van der Waals surface area contributed by atoms with E-state index in [-0.39, 0.29) is 6.42 Å². The summed E-state index contributed by atoms with van der Waals surface area (Å²) in [6.45, 7) is 0.571. The summed E-state index contributed by atoms with van der Waals surface area (Å²) in [5, 5.41) is 14.1. The van der Waals surface area contributed by atoms with Crippen LogP contribution in [0.15, 0.2) is 48.8 Å². The third-order valence-corrected chi connectivity index (χ3v) is 4.83. The van der Waals surface area contributed by atoms with Crippen molar-refractivity contribution in [3.05, 3.63) is 60.0 Å². The van der Waals surface area contributed by atoms with Gasteiger partial charge in [-0.15, -0.1) is 0 Å². The fourth-order valence-electron chi connectivity index (χ4n) is 3.25. The fraction of sp³-hybridized carbons (Fsp3) is 0.211. The molecule has 9 heteroatoms. The van der Waals surface area contributed by atoms with Crippen LogP contribution in [0.25, 0.3) is 10.9 Å². The van der Waals surface area contributed by atoms with Crippen molar-refractivity contribution in [3.63, 3.8) is 0 Å². The van der Waals surface area contributed by atoms with Crippen molar-refractivity contribution in [2.45, 2.75) is 24.8 Å². The van der Waals surface area contributed by atoms with E-state index in [0.717, 1.165) is 16.5 Å². The number of fused-ring (bicyclic) bond motifs is 1. The number of rotatable bonds is 6. The highest BCUT2D eigenvalue weighted by Gasteiger charge is 2.58. The van der Waals surface area contributed by atoms with Gasteiger partial charge in [-0.2, -0.15) is 10.1 Å². The maximum Gasteiger partial charge on any atom is 0.257 e. The standard InChI is InChI=1S/C19H17F2N7/c20-19(21)9-13(19)15-8-17(28-27-15)25-16-5-7-23-18(26-16)24-10-11-2-1-3-14-12(11)4-6-22-14/h1-8,13,22H,9-10H2,(H3,23,24,25,26,27,28). The molecule has 0 bridgehead atoms. The lowest BCUT2D eigenvalue weighted by Gasteiger charge is -2.08. The molecule has 1 saturated carbocycles. The number of hydrogen-bond acceptors (Lipinski definition) is 5. The Morgan fingerprint density at radius 1 is 1.18 bits per heavy atom. The van der Waals surface area contributed by atoms with E-state index in [0.29, 0.717) is 29.8 Å². The van der Waals surface area contributed by atoms with Gasteiger partial charge in [-0.1, -0.05) is 12.1 Å². The van der Waals surface area contributed by atoms with Crippen LogP contribution in [-0.2, 0) is 6.54 Å². The van der Waals surface area contributed by atoms with Crippen molar-refractivity contribution in [3.8, 4) is 0 Å². The molecule has 5 rings (SSSR count). The molecule has 3 heterocycles. The molecule has 0 spiro atoms. The van der Waals surface area contributed by atoms with E-state index in [2.05, 4.69) is 35.8 Å². The molecule has 1 atom stereocenters. The summed E-state index contributed by atoms with van der Waals surface area (Å²) in [6.07, 6.45) is 3.39. The van der Waals surface area contributed by atoms with Crippen LogP contribution in [0.2, 0.25) is 0 Å². The quantitative estimate of drug-likeness (QED) is 0.402. The number of halogens is 2. The van der Waals surface area contributed by atoms with E-state index < -0.39 is 11.8 Å². The van der Waals surface area contributed by atoms with Crippen LogP contribution < -0.4 is 10.6 Å². The molecule has 1 fully saturated rings. The summed E-state index contributed by atoms with van der Waals surface area (Å²) in [5.41, 5.74) is 2.63. The number of hydrogen-bond donors (Lipinski definition) is 4. The Labute approximate surface area is 158 Å². The van der Waals surface area contributed by atoms with Crippen molar-refractivity contribution in [2.24, 2.45) is 0 Å². The maximum absolute atomic E-state index is 13.2. The lowest BCUT2D eigenvalue weighted by Crippen LogP contribution is -2.05. The highest BCUT2D eigenvalue weighted by molar-refractivity contribution is 5.83. The van der Waals surface area contributed by atoms with E-state index in [1.54, 1.807) is 18.3 Å². The van der Waals surface area contributed by atoms with Crippen LogP contribution in [0.3, 0.4) is 0 Å². The summed E-state index contributed by atoms with van der Waals surface area (Å²) in [4.78, 5) is 11.8. The number of anilines is 3. The predicted molar refractivity (Wildman–Crippen MR) is 102 cm³/mol. The first-order valence-corrected chi connectivity index (χ1v) is 8.90. The van der Waals surface area contributed by atoms with Crippen molar-refractivity contribution in [2.75, 3.05) is 10.6 Å². The fourth-order valence-corrected chi connectivity index (χ4v) is 3.25. The summed E-state index contributed by atoms with van der Waals surface area (Å²) in [6, 6.07) is 11.4.